The summed E-state index contributed by atoms with van der Waals surface area (Å²) in [5.41, 5.74) is -0.0871. The van der Waals surface area contributed by atoms with E-state index >= 15 is 0 Å². The first-order valence-electron chi connectivity index (χ1n) is 3.88. The Morgan fingerprint density at radius 1 is 1.50 bits per heavy atom. The Hall–Kier alpha value is -1.49. The van der Waals surface area contributed by atoms with Gasteiger partial charge in [-0.15, -0.1) is 0 Å². The fourth-order valence-corrected chi connectivity index (χ4v) is 1.32. The summed E-state index contributed by atoms with van der Waals surface area (Å²) < 4.78 is 10.3. The lowest BCUT2D eigenvalue weighted by molar-refractivity contribution is 0.0695. The van der Waals surface area contributed by atoms with Crippen molar-refractivity contribution in [1.82, 2.24) is 4.98 Å². The Kier molecular flexibility index (Phi) is 2.17. The predicted octanol–water partition coefficient (Wildman–Crippen LogP) is 1.20. The highest BCUT2D eigenvalue weighted by Gasteiger charge is 2.19. The number of hydrogen-bond donors (Lipinski definition) is 1. The number of nitrogens with zero attached hydrogens (tertiary/aromatic N) is 1. The Balaban J connectivity index is 2.50. The van der Waals surface area contributed by atoms with Crippen LogP contribution in [0.1, 0.15) is 10.4 Å². The minimum absolute atomic E-state index is 0.0871. The quantitative estimate of drug-likeness (QED) is 0.713. The van der Waals surface area contributed by atoms with Gasteiger partial charge in [-0.1, -0.05) is 11.6 Å². The molecule has 0 saturated carbocycles. The first-order chi connectivity index (χ1) is 6.68. The van der Waals surface area contributed by atoms with Crippen LogP contribution >= 0.6 is 11.6 Å². The summed E-state index contributed by atoms with van der Waals surface area (Å²) in [6, 6.07) is 1.31. The molecule has 74 valence electrons. The number of carboxylic acid groups (broad SMARTS) is 1. The highest BCUT2D eigenvalue weighted by atomic mass is 35.5. The molecule has 5 nitrogen and oxygen atoms in total. The van der Waals surface area contributed by atoms with Gasteiger partial charge in [-0.25, -0.2) is 4.79 Å². The molecular formula is C8H6ClNO4. The van der Waals surface area contributed by atoms with Crippen LogP contribution < -0.4 is 9.47 Å². The highest BCUT2D eigenvalue weighted by molar-refractivity contribution is 6.32. The molecule has 0 unspecified atom stereocenters. The lowest BCUT2D eigenvalue weighted by Crippen LogP contribution is -2.17. The molecule has 0 fully saturated rings. The summed E-state index contributed by atoms with van der Waals surface area (Å²) in [6.45, 7) is 0.776. The number of aromatic carboxylic acids is 1. The average Bonchev–Trinajstić information content (AvgIpc) is 2.16. The number of halogens is 1. The fourth-order valence-electron chi connectivity index (χ4n) is 1.10. The van der Waals surface area contributed by atoms with E-state index in [1.54, 1.807) is 0 Å². The molecule has 0 bridgehead atoms. The molecule has 0 aromatic carbocycles. The van der Waals surface area contributed by atoms with Crippen molar-refractivity contribution in [1.29, 1.82) is 0 Å². The second kappa shape index (κ2) is 3.34. The van der Waals surface area contributed by atoms with Crippen molar-refractivity contribution in [3.05, 3.63) is 16.8 Å². The molecule has 0 radical (unpaired) electrons. The number of carbonyl (C=O) groups is 1. The summed E-state index contributed by atoms with van der Waals surface area (Å²) in [7, 11) is 0. The standard InChI is InChI=1S/C8H6ClNO4/c9-6-4(8(11)12)3-5-7(10-6)14-2-1-13-5/h3H,1-2H2,(H,11,12). The maximum Gasteiger partial charge on any atom is 0.338 e. The largest absolute Gasteiger partial charge is 0.484 e. The monoisotopic (exact) mass is 215 g/mol. The normalized spacial score (nSPS) is 13.8. The average molecular weight is 216 g/mol. The van der Waals surface area contributed by atoms with Crippen LogP contribution in [0.25, 0.3) is 0 Å². The van der Waals surface area contributed by atoms with Gasteiger partial charge in [0, 0.05) is 6.07 Å². The molecule has 2 rings (SSSR count). The lowest BCUT2D eigenvalue weighted by atomic mass is 10.2. The van der Waals surface area contributed by atoms with Gasteiger partial charge >= 0.3 is 5.97 Å². The van der Waals surface area contributed by atoms with Crippen LogP contribution in [-0.2, 0) is 0 Å². The SMILES string of the molecule is O=C(O)c1cc2c(nc1Cl)OCCO2. The molecule has 1 N–H and O–H groups in total. The smallest absolute Gasteiger partial charge is 0.338 e. The van der Waals surface area contributed by atoms with E-state index in [-0.39, 0.29) is 16.6 Å². The van der Waals surface area contributed by atoms with Gasteiger partial charge in [-0.2, -0.15) is 4.98 Å². The third-order valence-corrected chi connectivity index (χ3v) is 2.01. The second-order valence-corrected chi connectivity index (χ2v) is 2.99. The molecule has 0 aliphatic carbocycles. The van der Waals surface area contributed by atoms with E-state index < -0.39 is 5.97 Å². The Morgan fingerprint density at radius 2 is 2.21 bits per heavy atom. The number of aromatic nitrogens is 1. The lowest BCUT2D eigenvalue weighted by Gasteiger charge is -2.17. The molecule has 1 aliphatic heterocycles. The van der Waals surface area contributed by atoms with Crippen LogP contribution in [0.5, 0.6) is 11.6 Å². The zero-order chi connectivity index (χ0) is 10.1. The predicted molar refractivity (Wildman–Crippen MR) is 47.2 cm³/mol. The van der Waals surface area contributed by atoms with E-state index in [0.717, 1.165) is 0 Å². The van der Waals surface area contributed by atoms with Crippen molar-refractivity contribution in [2.24, 2.45) is 0 Å². The van der Waals surface area contributed by atoms with Crippen molar-refractivity contribution in [2.75, 3.05) is 13.2 Å². The molecule has 2 heterocycles. The molecular weight excluding hydrogens is 210 g/mol. The van der Waals surface area contributed by atoms with E-state index in [9.17, 15) is 4.79 Å². The van der Waals surface area contributed by atoms with E-state index in [4.69, 9.17) is 26.2 Å². The number of rotatable bonds is 1. The third kappa shape index (κ3) is 1.46. The first kappa shape index (κ1) is 9.08. The topological polar surface area (TPSA) is 68.7 Å². The van der Waals surface area contributed by atoms with Crippen molar-refractivity contribution in [2.45, 2.75) is 0 Å². The number of ether oxygens (including phenoxy) is 2. The highest BCUT2D eigenvalue weighted by Crippen LogP contribution is 2.31. The van der Waals surface area contributed by atoms with Gasteiger partial charge in [0.05, 0.1) is 0 Å². The zero-order valence-corrected chi connectivity index (χ0v) is 7.74. The summed E-state index contributed by atoms with van der Waals surface area (Å²) in [6.07, 6.45) is 0. The summed E-state index contributed by atoms with van der Waals surface area (Å²) in [5, 5.41) is 8.65. The molecule has 6 heteroatoms. The van der Waals surface area contributed by atoms with E-state index in [2.05, 4.69) is 4.98 Å². The van der Waals surface area contributed by atoms with E-state index in [1.807, 2.05) is 0 Å². The van der Waals surface area contributed by atoms with Crippen molar-refractivity contribution in [3.63, 3.8) is 0 Å². The van der Waals surface area contributed by atoms with Gasteiger partial charge < -0.3 is 14.6 Å². The molecule has 1 aromatic heterocycles. The van der Waals surface area contributed by atoms with Crippen LogP contribution in [0.2, 0.25) is 5.15 Å². The van der Waals surface area contributed by atoms with Crippen molar-refractivity contribution >= 4 is 17.6 Å². The van der Waals surface area contributed by atoms with E-state index in [1.165, 1.54) is 6.07 Å². The maximum atomic E-state index is 10.7. The Morgan fingerprint density at radius 3 is 2.93 bits per heavy atom. The minimum atomic E-state index is -1.14. The van der Waals surface area contributed by atoms with Crippen LogP contribution in [0, 0.1) is 0 Å². The van der Waals surface area contributed by atoms with Gasteiger partial charge in [0.1, 0.15) is 23.9 Å². The van der Waals surface area contributed by atoms with Gasteiger partial charge in [0.25, 0.3) is 5.88 Å². The molecule has 0 spiro atoms. The van der Waals surface area contributed by atoms with Crippen LogP contribution in [-0.4, -0.2) is 29.3 Å². The van der Waals surface area contributed by atoms with Gasteiger partial charge in [-0.3, -0.25) is 0 Å². The minimum Gasteiger partial charge on any atom is -0.484 e. The molecule has 1 aromatic rings. The number of pyridine rings is 1. The molecule has 0 amide bonds. The summed E-state index contributed by atoms with van der Waals surface area (Å²) in [5.74, 6) is -0.580. The van der Waals surface area contributed by atoms with Crippen LogP contribution in [0.15, 0.2) is 6.07 Å². The molecule has 1 aliphatic rings. The third-order valence-electron chi connectivity index (χ3n) is 1.72. The second-order valence-electron chi connectivity index (χ2n) is 2.63. The number of fused-ring (bicyclic) bond motifs is 1. The van der Waals surface area contributed by atoms with Crippen LogP contribution in [0.3, 0.4) is 0 Å². The van der Waals surface area contributed by atoms with Gasteiger partial charge in [0.2, 0.25) is 0 Å². The first-order valence-corrected chi connectivity index (χ1v) is 4.25. The van der Waals surface area contributed by atoms with E-state index in [0.29, 0.717) is 19.0 Å². The Labute approximate surface area is 84.2 Å². The van der Waals surface area contributed by atoms with Gasteiger partial charge in [0.15, 0.2) is 5.75 Å². The number of hydrogen-bond acceptors (Lipinski definition) is 4. The molecule has 14 heavy (non-hydrogen) atoms. The van der Waals surface area contributed by atoms with Gasteiger partial charge in [-0.05, 0) is 0 Å². The number of carboxylic acids is 1. The van der Waals surface area contributed by atoms with Crippen molar-refractivity contribution < 1.29 is 19.4 Å². The summed E-state index contributed by atoms with van der Waals surface area (Å²) >= 11 is 5.63. The summed E-state index contributed by atoms with van der Waals surface area (Å²) in [4.78, 5) is 14.5. The maximum absolute atomic E-state index is 10.7. The zero-order valence-electron chi connectivity index (χ0n) is 6.99. The fraction of sp³-hybridized carbons (Fsp3) is 0.250. The molecule has 0 saturated heterocycles. The molecule has 0 atom stereocenters. The van der Waals surface area contributed by atoms with Crippen LogP contribution in [0.4, 0.5) is 0 Å². The Bertz CT molecular complexity index is 393. The van der Waals surface area contributed by atoms with Crippen molar-refractivity contribution in [3.8, 4) is 11.6 Å².